The van der Waals surface area contributed by atoms with Crippen LogP contribution in [0.2, 0.25) is 0 Å². The highest BCUT2D eigenvalue weighted by Crippen LogP contribution is 2.43. The van der Waals surface area contributed by atoms with Crippen LogP contribution in [0.4, 0.5) is 9.59 Å². The van der Waals surface area contributed by atoms with Crippen molar-refractivity contribution in [3.63, 3.8) is 0 Å². The van der Waals surface area contributed by atoms with Gasteiger partial charge in [0.1, 0.15) is 11.5 Å². The number of benzene rings is 3. The molecule has 0 amide bonds. The van der Waals surface area contributed by atoms with E-state index in [-0.39, 0.29) is 0 Å². The Morgan fingerprint density at radius 2 is 1.11 bits per heavy atom. The Morgan fingerprint density at radius 3 is 1.64 bits per heavy atom. The van der Waals surface area contributed by atoms with Crippen LogP contribution in [-0.4, -0.2) is 25.5 Å². The van der Waals surface area contributed by atoms with Crippen molar-refractivity contribution < 1.29 is 28.5 Å². The fourth-order valence-electron chi connectivity index (χ4n) is 4.14. The van der Waals surface area contributed by atoms with E-state index in [0.717, 1.165) is 63.4 Å². The van der Waals surface area contributed by atoms with Crippen LogP contribution in [-0.2, 0) is 15.9 Å². The average Bonchev–Trinajstić information content (AvgIpc) is 2.89. The van der Waals surface area contributed by atoms with Crippen molar-refractivity contribution >= 4 is 33.9 Å². The molecule has 0 fully saturated rings. The van der Waals surface area contributed by atoms with Crippen molar-refractivity contribution in [3.8, 4) is 11.5 Å². The highest BCUT2D eigenvalue weighted by atomic mass is 16.7. The van der Waals surface area contributed by atoms with E-state index in [4.69, 9.17) is 18.9 Å². The van der Waals surface area contributed by atoms with Gasteiger partial charge in [-0.3, -0.25) is 0 Å². The summed E-state index contributed by atoms with van der Waals surface area (Å²) in [4.78, 5) is 25.2. The Hall–Kier alpha value is -3.28. The normalized spacial score (nSPS) is 11.0. The number of fused-ring (bicyclic) bond motifs is 2. The minimum atomic E-state index is -0.739. The first kappa shape index (κ1) is 27.3. The van der Waals surface area contributed by atoms with Gasteiger partial charge in [0.05, 0.1) is 13.2 Å². The van der Waals surface area contributed by atoms with Gasteiger partial charge in [-0.1, -0.05) is 89.3 Å². The lowest BCUT2D eigenvalue weighted by atomic mass is 9.97. The molecule has 0 N–H and O–H groups in total. The van der Waals surface area contributed by atoms with Gasteiger partial charge < -0.3 is 18.9 Å². The van der Waals surface area contributed by atoms with E-state index in [1.165, 1.54) is 0 Å². The quantitative estimate of drug-likeness (QED) is 0.102. The number of ether oxygens (including phenoxy) is 4. The summed E-state index contributed by atoms with van der Waals surface area (Å²) in [5.74, 6) is 0.801. The minimum absolute atomic E-state index is 0.314. The zero-order chi connectivity index (χ0) is 25.8. The number of rotatable bonds is 13. The molecular formula is C30H38O6. The molecule has 0 saturated heterocycles. The van der Waals surface area contributed by atoms with Gasteiger partial charge in [-0.15, -0.1) is 0 Å². The van der Waals surface area contributed by atoms with Gasteiger partial charge in [0.15, 0.2) is 0 Å². The van der Waals surface area contributed by atoms with Crippen LogP contribution in [0.1, 0.15) is 77.7 Å². The third-order valence-corrected chi connectivity index (χ3v) is 6.11. The first-order valence-corrected chi connectivity index (χ1v) is 13.3. The fourth-order valence-corrected chi connectivity index (χ4v) is 4.14. The summed E-state index contributed by atoms with van der Waals surface area (Å²) in [5, 5.41) is 2.69. The van der Waals surface area contributed by atoms with Crippen molar-refractivity contribution in [1.82, 2.24) is 0 Å². The molecule has 0 aliphatic carbocycles. The molecule has 3 aromatic rings. The lowest BCUT2D eigenvalue weighted by Crippen LogP contribution is -2.14. The molecule has 0 spiro atoms. The van der Waals surface area contributed by atoms with E-state index in [2.05, 4.69) is 20.8 Å². The maximum absolute atomic E-state index is 12.6. The average molecular weight is 495 g/mol. The summed E-state index contributed by atoms with van der Waals surface area (Å²) in [6.45, 7) is 6.97. The van der Waals surface area contributed by atoms with Gasteiger partial charge in [-0.2, -0.15) is 0 Å². The van der Waals surface area contributed by atoms with Crippen molar-refractivity contribution in [2.24, 2.45) is 0 Å². The van der Waals surface area contributed by atoms with Gasteiger partial charge in [0.2, 0.25) is 0 Å². The Labute approximate surface area is 213 Å². The summed E-state index contributed by atoms with van der Waals surface area (Å²) < 4.78 is 22.2. The van der Waals surface area contributed by atoms with Crippen LogP contribution < -0.4 is 9.47 Å². The third-order valence-electron chi connectivity index (χ3n) is 6.11. The second-order valence-corrected chi connectivity index (χ2v) is 9.00. The van der Waals surface area contributed by atoms with Crippen LogP contribution in [0.5, 0.6) is 11.5 Å². The molecule has 6 nitrogen and oxygen atoms in total. The second kappa shape index (κ2) is 14.3. The van der Waals surface area contributed by atoms with Crippen molar-refractivity contribution in [3.05, 3.63) is 48.0 Å². The van der Waals surface area contributed by atoms with Gasteiger partial charge in [-0.25, -0.2) is 9.59 Å². The topological polar surface area (TPSA) is 71.1 Å². The molecule has 0 aromatic heterocycles. The fraction of sp³-hybridized carbons (Fsp3) is 0.467. The third kappa shape index (κ3) is 7.36. The number of aryl methyl sites for hydroxylation is 1. The Bertz CT molecular complexity index is 1150. The van der Waals surface area contributed by atoms with Crippen LogP contribution >= 0.6 is 0 Å². The SMILES string of the molecule is CCCCCOC(=O)Oc1c2ccccc2c(OC(=O)OCCCCC)c2cc(CCCC)ccc12. The van der Waals surface area contributed by atoms with Gasteiger partial charge in [0.25, 0.3) is 0 Å². The molecule has 0 radical (unpaired) electrons. The largest absolute Gasteiger partial charge is 0.513 e. The number of carbonyl (C=O) groups is 2. The summed E-state index contributed by atoms with van der Waals surface area (Å²) in [7, 11) is 0. The molecule has 0 unspecified atom stereocenters. The molecular weight excluding hydrogens is 456 g/mol. The summed E-state index contributed by atoms with van der Waals surface area (Å²) in [6.07, 6.45) is 7.17. The van der Waals surface area contributed by atoms with Crippen molar-refractivity contribution in [2.75, 3.05) is 13.2 Å². The predicted molar refractivity (Wildman–Crippen MR) is 143 cm³/mol. The number of carbonyl (C=O) groups excluding carboxylic acids is 2. The van der Waals surface area contributed by atoms with E-state index in [1.807, 2.05) is 42.5 Å². The summed E-state index contributed by atoms with van der Waals surface area (Å²) in [6, 6.07) is 13.4. The standard InChI is InChI=1S/C30H38O6/c1-4-7-12-19-33-29(31)35-27-23-15-10-11-16-24(23)28(36-30(32)34-20-13-8-5-2)26-21-22(14-9-6-3)17-18-25(26)27/h10-11,15-18,21H,4-9,12-14,19-20H2,1-3H3. The smallest absolute Gasteiger partial charge is 0.434 e. The minimum Gasteiger partial charge on any atom is -0.434 e. The van der Waals surface area contributed by atoms with Crippen molar-refractivity contribution in [1.29, 1.82) is 0 Å². The number of unbranched alkanes of at least 4 members (excludes halogenated alkanes) is 5. The van der Waals surface area contributed by atoms with E-state index in [0.29, 0.717) is 46.3 Å². The first-order chi connectivity index (χ1) is 17.6. The van der Waals surface area contributed by atoms with Crippen molar-refractivity contribution in [2.45, 2.75) is 78.6 Å². The molecule has 0 heterocycles. The Balaban J connectivity index is 2.02. The molecule has 194 valence electrons. The summed E-state index contributed by atoms with van der Waals surface area (Å²) in [5.41, 5.74) is 1.12. The van der Waals surface area contributed by atoms with Crippen LogP contribution in [0.3, 0.4) is 0 Å². The zero-order valence-corrected chi connectivity index (χ0v) is 21.8. The molecule has 0 saturated carbocycles. The molecule has 0 aliphatic rings. The molecule has 3 aromatic carbocycles. The highest BCUT2D eigenvalue weighted by Gasteiger charge is 2.21. The van der Waals surface area contributed by atoms with E-state index >= 15 is 0 Å². The van der Waals surface area contributed by atoms with Crippen LogP contribution in [0.25, 0.3) is 21.5 Å². The molecule has 6 heteroatoms. The molecule has 0 bridgehead atoms. The predicted octanol–water partition coefficient (Wildman–Crippen LogP) is 8.75. The lowest BCUT2D eigenvalue weighted by molar-refractivity contribution is 0.0966. The molecule has 36 heavy (non-hydrogen) atoms. The van der Waals surface area contributed by atoms with E-state index < -0.39 is 12.3 Å². The van der Waals surface area contributed by atoms with Crippen LogP contribution in [0, 0.1) is 0 Å². The monoisotopic (exact) mass is 494 g/mol. The number of hydrogen-bond donors (Lipinski definition) is 0. The molecule has 0 atom stereocenters. The van der Waals surface area contributed by atoms with Gasteiger partial charge in [0, 0.05) is 21.5 Å². The Morgan fingerprint density at radius 1 is 0.611 bits per heavy atom. The maximum Gasteiger partial charge on any atom is 0.513 e. The summed E-state index contributed by atoms with van der Waals surface area (Å²) >= 11 is 0. The first-order valence-electron chi connectivity index (χ1n) is 13.3. The maximum atomic E-state index is 12.6. The van der Waals surface area contributed by atoms with Gasteiger partial charge in [-0.05, 0) is 37.3 Å². The number of hydrogen-bond acceptors (Lipinski definition) is 6. The second-order valence-electron chi connectivity index (χ2n) is 9.00. The van der Waals surface area contributed by atoms with E-state index in [9.17, 15) is 9.59 Å². The van der Waals surface area contributed by atoms with Gasteiger partial charge >= 0.3 is 12.3 Å². The van der Waals surface area contributed by atoms with E-state index in [1.54, 1.807) is 0 Å². The highest BCUT2D eigenvalue weighted by molar-refractivity contribution is 6.12. The molecule has 0 aliphatic heterocycles. The zero-order valence-electron chi connectivity index (χ0n) is 21.8. The van der Waals surface area contributed by atoms with Crippen LogP contribution in [0.15, 0.2) is 42.5 Å². The molecule has 3 rings (SSSR count). The Kier molecular flexibility index (Phi) is 10.9. The lowest BCUT2D eigenvalue weighted by Gasteiger charge is -2.17.